The van der Waals surface area contributed by atoms with Crippen LogP contribution in [0.4, 0.5) is 0 Å². The van der Waals surface area contributed by atoms with Crippen LogP contribution in [0, 0.1) is 6.92 Å². The molecule has 2 aliphatic rings. The highest BCUT2D eigenvalue weighted by atomic mass is 16.5. The minimum absolute atomic E-state index is 0.134. The Kier molecular flexibility index (Phi) is 5.58. The molecule has 5 nitrogen and oxygen atoms in total. The quantitative estimate of drug-likeness (QED) is 0.763. The number of fused-ring (bicyclic) bond motifs is 1. The lowest BCUT2D eigenvalue weighted by Crippen LogP contribution is -2.24. The molecule has 0 aliphatic carbocycles. The van der Waals surface area contributed by atoms with E-state index in [4.69, 9.17) is 9.47 Å². The number of Topliss-reactive ketones (excluding diaryl/α,β-unsaturated/α-hetero) is 1. The maximum absolute atomic E-state index is 13.0. The molecule has 0 amide bonds. The van der Waals surface area contributed by atoms with Crippen LogP contribution in [0.5, 0.6) is 17.2 Å². The number of nitrogens with zero attached hydrogens (tertiary/aromatic N) is 1. The van der Waals surface area contributed by atoms with Gasteiger partial charge in [0.15, 0.2) is 5.76 Å². The van der Waals surface area contributed by atoms with Gasteiger partial charge in [-0.25, -0.2) is 0 Å². The van der Waals surface area contributed by atoms with Crippen molar-refractivity contribution in [2.24, 2.45) is 0 Å². The first-order chi connectivity index (χ1) is 14.1. The van der Waals surface area contributed by atoms with Gasteiger partial charge in [-0.3, -0.25) is 9.69 Å². The third-order valence-electron chi connectivity index (χ3n) is 5.71. The average Bonchev–Trinajstić information content (AvgIpc) is 2.88. The number of carbonyl (C=O) groups excluding carboxylic acids is 1. The van der Waals surface area contributed by atoms with Crippen LogP contribution in [0.25, 0.3) is 6.08 Å². The molecule has 5 heteroatoms. The van der Waals surface area contributed by atoms with Gasteiger partial charge in [0.1, 0.15) is 17.2 Å². The van der Waals surface area contributed by atoms with E-state index in [1.54, 1.807) is 19.3 Å². The molecule has 2 aliphatic heterocycles. The molecule has 4 rings (SSSR count). The summed E-state index contributed by atoms with van der Waals surface area (Å²) in [4.78, 5) is 15.4. The van der Waals surface area contributed by atoms with E-state index in [2.05, 4.69) is 4.90 Å². The average molecular weight is 393 g/mol. The monoisotopic (exact) mass is 393 g/mol. The lowest BCUT2D eigenvalue weighted by Gasteiger charge is -2.22. The number of hydrogen-bond acceptors (Lipinski definition) is 5. The third-order valence-corrected chi connectivity index (χ3v) is 5.71. The number of benzene rings is 2. The fourth-order valence-electron chi connectivity index (χ4n) is 4.10. The molecule has 1 saturated heterocycles. The summed E-state index contributed by atoms with van der Waals surface area (Å²) >= 11 is 0. The smallest absolute Gasteiger partial charge is 0.232 e. The summed E-state index contributed by atoms with van der Waals surface area (Å²) in [7, 11) is 1.62. The van der Waals surface area contributed by atoms with Crippen molar-refractivity contribution in [3.63, 3.8) is 0 Å². The van der Waals surface area contributed by atoms with Crippen molar-refractivity contribution in [3.8, 4) is 17.2 Å². The SMILES string of the molecule is COc1ccc(/C=C2\Oc3c(CN4CCCCCC4)c(O)cc(C)c3C2=O)cc1. The minimum Gasteiger partial charge on any atom is -0.507 e. The zero-order valence-corrected chi connectivity index (χ0v) is 17.0. The lowest BCUT2D eigenvalue weighted by atomic mass is 9.99. The van der Waals surface area contributed by atoms with Gasteiger partial charge in [-0.15, -0.1) is 0 Å². The first-order valence-corrected chi connectivity index (χ1v) is 10.2. The molecule has 0 spiro atoms. The van der Waals surface area contributed by atoms with Crippen LogP contribution in [-0.2, 0) is 6.54 Å². The van der Waals surface area contributed by atoms with Crippen LogP contribution in [0.1, 0.15) is 52.7 Å². The Morgan fingerprint density at radius 1 is 1.14 bits per heavy atom. The second-order valence-corrected chi connectivity index (χ2v) is 7.80. The van der Waals surface area contributed by atoms with Gasteiger partial charge in [0.05, 0.1) is 18.2 Å². The summed E-state index contributed by atoms with van der Waals surface area (Å²) in [5.41, 5.74) is 2.87. The predicted octanol–water partition coefficient (Wildman–Crippen LogP) is 4.70. The predicted molar refractivity (Wildman–Crippen MR) is 113 cm³/mol. The number of allylic oxidation sites excluding steroid dienone is 1. The van der Waals surface area contributed by atoms with Gasteiger partial charge >= 0.3 is 0 Å². The number of methoxy groups -OCH3 is 1. The highest BCUT2D eigenvalue weighted by Crippen LogP contribution is 2.42. The second kappa shape index (κ2) is 8.29. The van der Waals surface area contributed by atoms with E-state index >= 15 is 0 Å². The summed E-state index contributed by atoms with van der Waals surface area (Å²) in [6.07, 6.45) is 6.57. The Hall–Kier alpha value is -2.79. The van der Waals surface area contributed by atoms with E-state index in [1.165, 1.54) is 12.8 Å². The largest absolute Gasteiger partial charge is 0.507 e. The zero-order chi connectivity index (χ0) is 20.4. The van der Waals surface area contributed by atoms with Gasteiger partial charge in [0.25, 0.3) is 0 Å². The van der Waals surface area contributed by atoms with Gasteiger partial charge in [-0.1, -0.05) is 25.0 Å². The van der Waals surface area contributed by atoms with E-state index in [-0.39, 0.29) is 17.3 Å². The van der Waals surface area contributed by atoms with Crippen molar-refractivity contribution in [1.29, 1.82) is 0 Å². The number of likely N-dealkylation sites (tertiary alicyclic amines) is 1. The molecule has 0 bridgehead atoms. The number of ether oxygens (including phenoxy) is 2. The molecule has 0 saturated carbocycles. The Labute approximate surface area is 171 Å². The van der Waals surface area contributed by atoms with Crippen molar-refractivity contribution in [2.75, 3.05) is 20.2 Å². The summed E-state index contributed by atoms with van der Waals surface area (Å²) in [6.45, 7) is 4.44. The van der Waals surface area contributed by atoms with E-state index in [1.807, 2.05) is 31.2 Å². The molecule has 152 valence electrons. The Balaban J connectivity index is 1.66. The van der Waals surface area contributed by atoms with Crippen molar-refractivity contribution >= 4 is 11.9 Å². The number of phenolic OH excluding ortho intramolecular Hbond substituents is 1. The molecule has 1 N–H and O–H groups in total. The Morgan fingerprint density at radius 3 is 2.48 bits per heavy atom. The van der Waals surface area contributed by atoms with Crippen LogP contribution in [0.3, 0.4) is 0 Å². The normalized spacial score (nSPS) is 18.4. The minimum atomic E-state index is -0.134. The van der Waals surface area contributed by atoms with Crippen LogP contribution >= 0.6 is 0 Å². The molecule has 2 aromatic carbocycles. The van der Waals surface area contributed by atoms with Gasteiger partial charge in [-0.05, 0) is 68.3 Å². The standard InChI is InChI=1S/C24H27NO4/c1-16-13-20(26)19(15-25-11-5-3-4-6-12-25)24-22(16)23(27)21(29-24)14-17-7-9-18(28-2)10-8-17/h7-10,13-14,26H,3-6,11-12,15H2,1-2H3/b21-14-. The first kappa shape index (κ1) is 19.5. The van der Waals surface area contributed by atoms with Gasteiger partial charge in [0.2, 0.25) is 5.78 Å². The van der Waals surface area contributed by atoms with Crippen molar-refractivity contribution in [1.82, 2.24) is 4.90 Å². The molecule has 2 heterocycles. The molecular weight excluding hydrogens is 366 g/mol. The Morgan fingerprint density at radius 2 is 1.83 bits per heavy atom. The second-order valence-electron chi connectivity index (χ2n) is 7.80. The molecule has 0 aromatic heterocycles. The number of phenols is 1. The molecule has 0 atom stereocenters. The number of carbonyl (C=O) groups is 1. The van der Waals surface area contributed by atoms with Crippen LogP contribution in [0.2, 0.25) is 0 Å². The summed E-state index contributed by atoms with van der Waals surface area (Å²) < 4.78 is 11.2. The van der Waals surface area contributed by atoms with E-state index in [0.717, 1.165) is 42.8 Å². The molecule has 0 unspecified atom stereocenters. The summed E-state index contributed by atoms with van der Waals surface area (Å²) in [5, 5.41) is 10.6. The maximum Gasteiger partial charge on any atom is 0.232 e. The Bertz CT molecular complexity index is 938. The fraction of sp³-hybridized carbons (Fsp3) is 0.375. The van der Waals surface area contributed by atoms with Gasteiger partial charge in [-0.2, -0.15) is 0 Å². The molecule has 0 radical (unpaired) electrons. The highest BCUT2D eigenvalue weighted by Gasteiger charge is 2.33. The fourth-order valence-corrected chi connectivity index (χ4v) is 4.10. The van der Waals surface area contributed by atoms with E-state index < -0.39 is 0 Å². The summed E-state index contributed by atoms with van der Waals surface area (Å²) in [6, 6.07) is 9.15. The number of aryl methyl sites for hydroxylation is 1. The number of hydrogen-bond donors (Lipinski definition) is 1. The van der Waals surface area contributed by atoms with E-state index in [0.29, 0.717) is 23.4 Å². The lowest BCUT2D eigenvalue weighted by molar-refractivity contribution is 0.101. The zero-order valence-electron chi connectivity index (χ0n) is 17.0. The number of ketones is 1. The first-order valence-electron chi connectivity index (χ1n) is 10.2. The van der Waals surface area contributed by atoms with Crippen LogP contribution < -0.4 is 9.47 Å². The van der Waals surface area contributed by atoms with Crippen molar-refractivity contribution < 1.29 is 19.4 Å². The van der Waals surface area contributed by atoms with Gasteiger partial charge in [0, 0.05) is 6.54 Å². The van der Waals surface area contributed by atoms with Crippen molar-refractivity contribution in [2.45, 2.75) is 39.2 Å². The molecule has 29 heavy (non-hydrogen) atoms. The van der Waals surface area contributed by atoms with E-state index in [9.17, 15) is 9.90 Å². The summed E-state index contributed by atoms with van der Waals surface area (Å²) in [5.74, 6) is 1.62. The maximum atomic E-state index is 13.0. The topological polar surface area (TPSA) is 59.0 Å². The van der Waals surface area contributed by atoms with Crippen LogP contribution in [0.15, 0.2) is 36.1 Å². The van der Waals surface area contributed by atoms with Gasteiger partial charge < -0.3 is 14.6 Å². The molecular formula is C24H27NO4. The highest BCUT2D eigenvalue weighted by molar-refractivity contribution is 6.15. The number of aromatic hydroxyl groups is 1. The third kappa shape index (κ3) is 4.01. The number of rotatable bonds is 4. The molecule has 2 aromatic rings. The van der Waals surface area contributed by atoms with Crippen molar-refractivity contribution in [3.05, 3.63) is 58.3 Å². The van der Waals surface area contributed by atoms with Crippen LogP contribution in [-0.4, -0.2) is 36.0 Å². The molecule has 1 fully saturated rings.